The van der Waals surface area contributed by atoms with Crippen LogP contribution in [-0.2, 0) is 11.2 Å². The fourth-order valence-electron chi connectivity index (χ4n) is 3.37. The van der Waals surface area contributed by atoms with Gasteiger partial charge in [-0.25, -0.2) is 4.99 Å². The predicted octanol–water partition coefficient (Wildman–Crippen LogP) is 4.49. The van der Waals surface area contributed by atoms with Crippen molar-refractivity contribution in [2.45, 2.75) is 19.0 Å². The Morgan fingerprint density at radius 3 is 2.69 bits per heavy atom. The summed E-state index contributed by atoms with van der Waals surface area (Å²) < 4.78 is 0.932. The summed E-state index contributed by atoms with van der Waals surface area (Å²) in [6, 6.07) is 14.2. The quantitative estimate of drug-likeness (QED) is 0.716. The number of carbonyl (C=O) groups excluding carboxylic acids is 2. The van der Waals surface area contributed by atoms with Crippen molar-refractivity contribution in [3.63, 3.8) is 0 Å². The van der Waals surface area contributed by atoms with E-state index in [4.69, 9.17) is 16.6 Å². The molecule has 2 aliphatic heterocycles. The number of benzene rings is 2. The molecule has 0 aliphatic carbocycles. The van der Waals surface area contributed by atoms with Gasteiger partial charge in [-0.15, -0.1) is 0 Å². The zero-order chi connectivity index (χ0) is 20.6. The summed E-state index contributed by atoms with van der Waals surface area (Å²) >= 11 is 9.45. The molecule has 146 valence electrons. The first-order chi connectivity index (χ1) is 13.9. The molecular weight excluding hydrogens is 454 g/mol. The van der Waals surface area contributed by atoms with E-state index < -0.39 is 11.6 Å². The highest BCUT2D eigenvalue weighted by molar-refractivity contribution is 9.10. The summed E-state index contributed by atoms with van der Waals surface area (Å²) in [6.45, 7) is 1.89. The second kappa shape index (κ2) is 7.61. The first kappa shape index (κ1) is 19.6. The van der Waals surface area contributed by atoms with Crippen LogP contribution in [-0.4, -0.2) is 28.2 Å². The van der Waals surface area contributed by atoms with E-state index in [2.05, 4.69) is 21.2 Å². The van der Waals surface area contributed by atoms with E-state index in [9.17, 15) is 9.59 Å². The summed E-state index contributed by atoms with van der Waals surface area (Å²) in [5, 5.41) is 3.32. The SMILES string of the molecule is CC1=CC=CN2C(=O)C(Cc3ccc(Br)cc3)(NC(=O)c3cccc(Cl)c3)N=C12. The van der Waals surface area contributed by atoms with Gasteiger partial charge in [-0.2, -0.15) is 0 Å². The van der Waals surface area contributed by atoms with E-state index in [1.165, 1.54) is 4.90 Å². The zero-order valence-corrected chi connectivity index (χ0v) is 17.9. The lowest BCUT2D eigenvalue weighted by Crippen LogP contribution is -2.55. The minimum atomic E-state index is -1.44. The highest BCUT2D eigenvalue weighted by Crippen LogP contribution is 2.30. The Morgan fingerprint density at radius 1 is 1.24 bits per heavy atom. The van der Waals surface area contributed by atoms with Crippen LogP contribution in [0.4, 0.5) is 0 Å². The Kier molecular flexibility index (Phi) is 5.15. The Morgan fingerprint density at radius 2 is 2.00 bits per heavy atom. The van der Waals surface area contributed by atoms with Crippen molar-refractivity contribution in [1.82, 2.24) is 10.2 Å². The first-order valence-electron chi connectivity index (χ1n) is 8.99. The topological polar surface area (TPSA) is 61.8 Å². The molecule has 2 heterocycles. The number of nitrogens with zero attached hydrogens (tertiary/aromatic N) is 2. The van der Waals surface area contributed by atoms with Crippen LogP contribution < -0.4 is 5.32 Å². The number of halogens is 2. The number of aliphatic imine (C=N–C) groups is 1. The second-order valence-electron chi connectivity index (χ2n) is 6.93. The number of amides is 2. The molecule has 0 fully saturated rings. The molecule has 0 saturated heterocycles. The maximum absolute atomic E-state index is 13.4. The van der Waals surface area contributed by atoms with Crippen LogP contribution in [0.3, 0.4) is 0 Å². The Bertz CT molecular complexity index is 1090. The number of hydrogen-bond acceptors (Lipinski definition) is 3. The Hall–Kier alpha value is -2.70. The van der Waals surface area contributed by atoms with Gasteiger partial charge in [0.1, 0.15) is 5.84 Å². The van der Waals surface area contributed by atoms with Crippen LogP contribution in [0.15, 0.2) is 81.9 Å². The van der Waals surface area contributed by atoms with Crippen molar-refractivity contribution in [3.8, 4) is 0 Å². The van der Waals surface area contributed by atoms with Gasteiger partial charge in [0.15, 0.2) is 0 Å². The molecule has 2 aromatic carbocycles. The van der Waals surface area contributed by atoms with Crippen LogP contribution in [0, 0.1) is 0 Å². The lowest BCUT2D eigenvalue weighted by Gasteiger charge is -2.27. The predicted molar refractivity (Wildman–Crippen MR) is 117 cm³/mol. The third-order valence-electron chi connectivity index (χ3n) is 4.81. The van der Waals surface area contributed by atoms with Gasteiger partial charge in [0.2, 0.25) is 5.66 Å². The largest absolute Gasteiger partial charge is 0.320 e. The van der Waals surface area contributed by atoms with E-state index in [0.29, 0.717) is 16.4 Å². The number of fused-ring (bicyclic) bond motifs is 1. The average molecular weight is 471 g/mol. The third-order valence-corrected chi connectivity index (χ3v) is 5.58. The number of allylic oxidation sites excluding steroid dienone is 2. The van der Waals surface area contributed by atoms with Gasteiger partial charge in [0.05, 0.1) is 0 Å². The molecule has 5 nitrogen and oxygen atoms in total. The second-order valence-corrected chi connectivity index (χ2v) is 8.28. The van der Waals surface area contributed by atoms with Crippen molar-refractivity contribution >= 4 is 45.2 Å². The number of carbonyl (C=O) groups is 2. The van der Waals surface area contributed by atoms with Gasteiger partial charge in [0, 0.05) is 27.7 Å². The van der Waals surface area contributed by atoms with Gasteiger partial charge in [-0.05, 0) is 54.5 Å². The third kappa shape index (κ3) is 3.78. The summed E-state index contributed by atoms with van der Waals surface area (Å²) in [4.78, 5) is 32.6. The molecule has 1 unspecified atom stereocenters. The normalized spacial score (nSPS) is 20.2. The van der Waals surface area contributed by atoms with E-state index in [1.54, 1.807) is 36.5 Å². The molecule has 0 spiro atoms. The fourth-order valence-corrected chi connectivity index (χ4v) is 3.83. The Labute approximate surface area is 181 Å². The van der Waals surface area contributed by atoms with Crippen LogP contribution >= 0.6 is 27.5 Å². The minimum Gasteiger partial charge on any atom is -0.320 e. The van der Waals surface area contributed by atoms with Crippen LogP contribution in [0.1, 0.15) is 22.8 Å². The number of hydrogen-bond donors (Lipinski definition) is 1. The molecule has 2 aromatic rings. The molecule has 1 N–H and O–H groups in total. The average Bonchev–Trinajstić information content (AvgIpc) is 2.97. The van der Waals surface area contributed by atoms with Crippen molar-refractivity contribution in [2.75, 3.05) is 0 Å². The monoisotopic (exact) mass is 469 g/mol. The summed E-state index contributed by atoms with van der Waals surface area (Å²) in [5.41, 5.74) is 0.665. The van der Waals surface area contributed by atoms with Crippen LogP contribution in [0.25, 0.3) is 0 Å². The van der Waals surface area contributed by atoms with Crippen LogP contribution in [0.2, 0.25) is 5.02 Å². The van der Waals surface area contributed by atoms with E-state index in [-0.39, 0.29) is 12.3 Å². The van der Waals surface area contributed by atoms with Crippen molar-refractivity contribution < 1.29 is 9.59 Å². The molecule has 4 rings (SSSR count). The van der Waals surface area contributed by atoms with Gasteiger partial charge in [-0.1, -0.05) is 51.8 Å². The maximum atomic E-state index is 13.4. The maximum Gasteiger partial charge on any atom is 0.281 e. The highest BCUT2D eigenvalue weighted by atomic mass is 79.9. The molecule has 29 heavy (non-hydrogen) atoms. The molecule has 0 radical (unpaired) electrons. The molecule has 2 aliphatic rings. The van der Waals surface area contributed by atoms with Gasteiger partial charge in [0.25, 0.3) is 11.8 Å². The van der Waals surface area contributed by atoms with Gasteiger partial charge >= 0.3 is 0 Å². The van der Waals surface area contributed by atoms with E-state index in [1.807, 2.05) is 37.3 Å². The molecule has 0 saturated carbocycles. The highest BCUT2D eigenvalue weighted by Gasteiger charge is 2.49. The molecule has 0 aromatic heterocycles. The standard InChI is InChI=1S/C22H17BrClN3O2/c1-14-4-3-11-27-19(14)25-22(21(27)29,13-15-7-9-17(23)10-8-15)26-20(28)16-5-2-6-18(24)12-16/h2-12H,13H2,1H3,(H,26,28). The zero-order valence-electron chi connectivity index (χ0n) is 15.5. The smallest absolute Gasteiger partial charge is 0.281 e. The van der Waals surface area contributed by atoms with Gasteiger partial charge < -0.3 is 5.32 Å². The molecular formula is C22H17BrClN3O2. The fraction of sp³-hybridized carbons (Fsp3) is 0.136. The molecule has 7 heteroatoms. The summed E-state index contributed by atoms with van der Waals surface area (Å²) in [5.74, 6) is -0.164. The Balaban J connectivity index is 1.74. The number of nitrogens with one attached hydrogen (secondary N) is 1. The molecule has 1 atom stereocenters. The first-order valence-corrected chi connectivity index (χ1v) is 10.2. The summed E-state index contributed by atoms with van der Waals surface area (Å²) in [7, 11) is 0. The van der Waals surface area contributed by atoms with Crippen molar-refractivity contribution in [1.29, 1.82) is 0 Å². The molecule has 0 bridgehead atoms. The lowest BCUT2D eigenvalue weighted by atomic mass is 9.98. The van der Waals surface area contributed by atoms with Gasteiger partial charge in [-0.3, -0.25) is 14.5 Å². The van der Waals surface area contributed by atoms with E-state index >= 15 is 0 Å². The number of amidine groups is 1. The molecule has 2 amide bonds. The van der Waals surface area contributed by atoms with Crippen molar-refractivity contribution in [3.05, 3.63) is 93.1 Å². The number of rotatable bonds is 4. The van der Waals surface area contributed by atoms with E-state index in [0.717, 1.165) is 15.6 Å². The van der Waals surface area contributed by atoms with Crippen LogP contribution in [0.5, 0.6) is 0 Å². The van der Waals surface area contributed by atoms with Crippen molar-refractivity contribution in [2.24, 2.45) is 4.99 Å². The lowest BCUT2D eigenvalue weighted by molar-refractivity contribution is -0.130. The summed E-state index contributed by atoms with van der Waals surface area (Å²) in [6.07, 6.45) is 5.58. The minimum absolute atomic E-state index is 0.229.